The van der Waals surface area contributed by atoms with Crippen molar-refractivity contribution in [3.63, 3.8) is 0 Å². The number of thioether (sulfide) groups is 1. The molecule has 1 aromatic carbocycles. The molecule has 1 aliphatic rings. The molecule has 0 N–H and O–H groups in total. The van der Waals surface area contributed by atoms with Gasteiger partial charge in [-0.1, -0.05) is 42.5 Å². The Labute approximate surface area is 154 Å². The molecule has 0 amide bonds. The van der Waals surface area contributed by atoms with Gasteiger partial charge in [0.1, 0.15) is 11.1 Å². The number of hydrogen-bond acceptors (Lipinski definition) is 3. The first-order valence-electron chi connectivity index (χ1n) is 8.38. The van der Waals surface area contributed by atoms with Gasteiger partial charge in [0.05, 0.1) is 11.1 Å². The van der Waals surface area contributed by atoms with Crippen molar-refractivity contribution in [2.45, 2.75) is 36.9 Å². The highest BCUT2D eigenvalue weighted by molar-refractivity contribution is 7.99. The van der Waals surface area contributed by atoms with E-state index in [2.05, 4.69) is 4.98 Å². The number of alkyl halides is 3. The van der Waals surface area contributed by atoms with E-state index >= 15 is 0 Å². The van der Waals surface area contributed by atoms with Crippen LogP contribution in [-0.4, -0.2) is 10.7 Å². The summed E-state index contributed by atoms with van der Waals surface area (Å²) in [5, 5.41) is 9.56. The Morgan fingerprint density at radius 2 is 1.88 bits per heavy atom. The molecule has 1 aliphatic carbocycles. The molecule has 0 atom stereocenters. The molecular weight excluding hydrogens is 357 g/mol. The Balaban J connectivity index is 1.89. The van der Waals surface area contributed by atoms with Gasteiger partial charge < -0.3 is 0 Å². The molecule has 0 unspecified atom stereocenters. The van der Waals surface area contributed by atoms with Crippen LogP contribution in [0.2, 0.25) is 0 Å². The van der Waals surface area contributed by atoms with Gasteiger partial charge in [-0.3, -0.25) is 0 Å². The summed E-state index contributed by atoms with van der Waals surface area (Å²) in [6.45, 7) is 0. The molecule has 0 bridgehead atoms. The van der Waals surface area contributed by atoms with E-state index < -0.39 is 11.7 Å². The van der Waals surface area contributed by atoms with Crippen molar-refractivity contribution in [1.29, 1.82) is 5.26 Å². The van der Waals surface area contributed by atoms with E-state index in [1.54, 1.807) is 6.07 Å². The molecule has 26 heavy (non-hydrogen) atoms. The highest BCUT2D eigenvalue weighted by atomic mass is 32.2. The maximum atomic E-state index is 13.6. The van der Waals surface area contributed by atoms with E-state index in [0.29, 0.717) is 30.7 Å². The van der Waals surface area contributed by atoms with Crippen LogP contribution in [0.3, 0.4) is 0 Å². The Bertz CT molecular complexity index is 852. The monoisotopic (exact) mass is 374 g/mol. The zero-order chi connectivity index (χ0) is 18.6. The van der Waals surface area contributed by atoms with Gasteiger partial charge in [0.2, 0.25) is 0 Å². The van der Waals surface area contributed by atoms with Crippen LogP contribution >= 0.6 is 11.8 Å². The Kier molecular flexibility index (Phi) is 5.67. The zero-order valence-corrected chi connectivity index (χ0v) is 14.8. The van der Waals surface area contributed by atoms with Gasteiger partial charge in [0.25, 0.3) is 0 Å². The van der Waals surface area contributed by atoms with Gasteiger partial charge in [0.15, 0.2) is 0 Å². The van der Waals surface area contributed by atoms with Crippen molar-refractivity contribution >= 4 is 17.8 Å². The second-order valence-electron chi connectivity index (χ2n) is 6.03. The third-order valence-electron chi connectivity index (χ3n) is 4.26. The summed E-state index contributed by atoms with van der Waals surface area (Å²) < 4.78 is 40.8. The summed E-state index contributed by atoms with van der Waals surface area (Å²) >= 11 is 1.17. The number of benzene rings is 1. The van der Waals surface area contributed by atoms with Crippen LogP contribution in [0.5, 0.6) is 0 Å². The first-order chi connectivity index (χ1) is 12.5. The quantitative estimate of drug-likeness (QED) is 0.648. The fourth-order valence-electron chi connectivity index (χ4n) is 3.11. The maximum absolute atomic E-state index is 13.6. The summed E-state index contributed by atoms with van der Waals surface area (Å²) in [7, 11) is 0. The highest BCUT2D eigenvalue weighted by Gasteiger charge is 2.39. The van der Waals surface area contributed by atoms with Gasteiger partial charge in [-0.2, -0.15) is 18.4 Å². The van der Waals surface area contributed by atoms with E-state index in [1.807, 2.05) is 42.5 Å². The van der Waals surface area contributed by atoms with E-state index in [9.17, 15) is 18.4 Å². The number of hydrogen-bond donors (Lipinski definition) is 0. The van der Waals surface area contributed by atoms with E-state index in [1.165, 1.54) is 11.8 Å². The van der Waals surface area contributed by atoms with Gasteiger partial charge in [-0.15, -0.1) is 11.8 Å². The summed E-state index contributed by atoms with van der Waals surface area (Å²) in [5.41, 5.74) is 0.611. The molecule has 2 aromatic rings. The van der Waals surface area contributed by atoms with Gasteiger partial charge in [-0.05, 0) is 36.8 Å². The van der Waals surface area contributed by atoms with Crippen LogP contribution in [0.15, 0.2) is 41.4 Å². The molecule has 0 saturated carbocycles. The number of rotatable bonds is 4. The predicted octanol–water partition coefficient (Wildman–Crippen LogP) is 5.66. The first kappa shape index (κ1) is 18.5. The number of halogens is 3. The fourth-order valence-corrected chi connectivity index (χ4v) is 3.93. The van der Waals surface area contributed by atoms with Crippen molar-refractivity contribution < 1.29 is 13.2 Å². The van der Waals surface area contributed by atoms with E-state index in [4.69, 9.17) is 0 Å². The van der Waals surface area contributed by atoms with Gasteiger partial charge in [0, 0.05) is 11.4 Å². The van der Waals surface area contributed by atoms with Crippen molar-refractivity contribution in [1.82, 2.24) is 4.98 Å². The van der Waals surface area contributed by atoms with Crippen molar-refractivity contribution in [2.24, 2.45) is 0 Å². The van der Waals surface area contributed by atoms with Crippen LogP contribution in [0, 0.1) is 11.3 Å². The average molecular weight is 374 g/mol. The largest absolute Gasteiger partial charge is 0.418 e. The normalized spacial score (nSPS) is 14.2. The molecule has 0 saturated heterocycles. The summed E-state index contributed by atoms with van der Waals surface area (Å²) in [4.78, 5) is 4.41. The molecular formula is C20H17F3N2S. The van der Waals surface area contributed by atoms with Crippen LogP contribution in [0.1, 0.15) is 40.8 Å². The van der Waals surface area contributed by atoms with Gasteiger partial charge >= 0.3 is 6.18 Å². The van der Waals surface area contributed by atoms with E-state index in [0.717, 1.165) is 12.0 Å². The molecule has 0 spiro atoms. The van der Waals surface area contributed by atoms with Crippen LogP contribution in [-0.2, 0) is 19.0 Å². The van der Waals surface area contributed by atoms with E-state index in [-0.39, 0.29) is 16.2 Å². The lowest BCUT2D eigenvalue weighted by Crippen LogP contribution is -2.19. The Morgan fingerprint density at radius 3 is 2.58 bits per heavy atom. The van der Waals surface area contributed by atoms with Crippen LogP contribution in [0.4, 0.5) is 13.2 Å². The number of nitriles is 1. The second kappa shape index (κ2) is 7.96. The fraction of sp³-hybridized carbons (Fsp3) is 0.300. The average Bonchev–Trinajstić information content (AvgIpc) is 2.64. The molecule has 1 heterocycles. The van der Waals surface area contributed by atoms with Gasteiger partial charge in [-0.25, -0.2) is 4.98 Å². The summed E-state index contributed by atoms with van der Waals surface area (Å²) in [6.07, 6.45) is 1.65. The first-order valence-corrected chi connectivity index (χ1v) is 9.36. The number of aromatic nitrogens is 1. The third-order valence-corrected chi connectivity index (χ3v) is 5.19. The molecule has 0 radical (unpaired) electrons. The topological polar surface area (TPSA) is 36.7 Å². The van der Waals surface area contributed by atoms with Crippen molar-refractivity contribution in [3.8, 4) is 6.07 Å². The third kappa shape index (κ3) is 4.10. The molecule has 0 aliphatic heterocycles. The molecule has 3 rings (SSSR count). The molecule has 1 aromatic heterocycles. The second-order valence-corrected chi connectivity index (χ2v) is 7.04. The minimum Gasteiger partial charge on any atom is -0.245 e. The predicted molar refractivity (Wildman–Crippen MR) is 96.8 cm³/mol. The number of fused-ring (bicyclic) bond motifs is 1. The smallest absolute Gasteiger partial charge is 0.245 e. The van der Waals surface area contributed by atoms with Crippen LogP contribution in [0.25, 0.3) is 6.08 Å². The summed E-state index contributed by atoms with van der Waals surface area (Å²) in [6, 6.07) is 11.4. The molecule has 134 valence electrons. The minimum absolute atomic E-state index is 0.179. The summed E-state index contributed by atoms with van der Waals surface area (Å²) in [5.74, 6) is 0.451. The van der Waals surface area contributed by atoms with Crippen molar-refractivity contribution in [3.05, 3.63) is 64.4 Å². The standard InChI is InChI=1S/C20H17F3N2S/c21-20(22,23)18-15-10-4-5-11-17(15)25-19(16(18)13-24)26-12-6-9-14-7-2-1-3-8-14/h1-3,6-9H,4-5,10-12H2/b9-6+. The Morgan fingerprint density at radius 1 is 1.15 bits per heavy atom. The lowest BCUT2D eigenvalue weighted by atomic mass is 9.90. The Hall–Kier alpha value is -2.26. The minimum atomic E-state index is -4.54. The molecule has 6 heteroatoms. The highest BCUT2D eigenvalue weighted by Crippen LogP contribution is 2.41. The number of nitrogens with zero attached hydrogens (tertiary/aromatic N) is 2. The zero-order valence-electron chi connectivity index (χ0n) is 14.0. The van der Waals surface area contributed by atoms with Crippen LogP contribution < -0.4 is 0 Å². The lowest BCUT2D eigenvalue weighted by molar-refractivity contribution is -0.138. The number of aryl methyl sites for hydroxylation is 1. The number of pyridine rings is 1. The molecule has 0 fully saturated rings. The SMILES string of the molecule is N#Cc1c(SC/C=C/c2ccccc2)nc2c(c1C(F)(F)F)CCCC2. The van der Waals surface area contributed by atoms with Crippen molar-refractivity contribution in [2.75, 3.05) is 5.75 Å². The lowest BCUT2D eigenvalue weighted by Gasteiger charge is -2.22. The molecule has 2 nitrogen and oxygen atoms in total. The maximum Gasteiger partial charge on any atom is 0.418 e.